The van der Waals surface area contributed by atoms with Crippen LogP contribution in [0.5, 0.6) is 0 Å². The molecule has 248 valence electrons. The van der Waals surface area contributed by atoms with E-state index in [0.29, 0.717) is 18.7 Å². The molecule has 0 fully saturated rings. The van der Waals surface area contributed by atoms with Gasteiger partial charge in [0.05, 0.1) is 25.3 Å². The Morgan fingerprint density at radius 1 is 0.841 bits per heavy atom. The van der Waals surface area contributed by atoms with E-state index >= 15 is 0 Å². The second-order valence-corrected chi connectivity index (χ2v) is 11.8. The van der Waals surface area contributed by atoms with Gasteiger partial charge in [-0.2, -0.15) is 0 Å². The van der Waals surface area contributed by atoms with Gasteiger partial charge in [0.2, 0.25) is 35.2 Å². The molecule has 4 atom stereocenters. The molecule has 15 heteroatoms. The number of imidazole rings is 1. The second-order valence-electron chi connectivity index (χ2n) is 11.8. The molecule has 0 saturated carbocycles. The first-order chi connectivity index (χ1) is 20.8. The Bertz CT molecular complexity index is 1080. The number of nitrogens with two attached hydrogens (primary N) is 2. The average molecular weight is 622 g/mol. The number of nitrogens with zero attached hydrogens (tertiary/aromatic N) is 1. The van der Waals surface area contributed by atoms with Crippen molar-refractivity contribution < 1.29 is 28.8 Å². The lowest BCUT2D eigenvalue weighted by Gasteiger charge is -2.26. The molecule has 0 spiro atoms. The molecule has 44 heavy (non-hydrogen) atoms. The van der Waals surface area contributed by atoms with E-state index in [1.165, 1.54) is 12.5 Å². The van der Waals surface area contributed by atoms with Gasteiger partial charge < -0.3 is 32.0 Å². The van der Waals surface area contributed by atoms with Crippen LogP contribution in [0.15, 0.2) is 12.5 Å². The predicted molar refractivity (Wildman–Crippen MR) is 164 cm³/mol. The Balaban J connectivity index is 3.24. The first-order valence-electron chi connectivity index (χ1n) is 15.2. The summed E-state index contributed by atoms with van der Waals surface area (Å²) >= 11 is 0. The Hall–Kier alpha value is -3.69. The van der Waals surface area contributed by atoms with Crippen LogP contribution in [0, 0.1) is 11.8 Å². The number of aromatic nitrogens is 2. The number of hydrazine groups is 1. The Labute approximate surface area is 259 Å². The zero-order valence-corrected chi connectivity index (χ0v) is 26.5. The fraction of sp³-hybridized carbons (Fsp3) is 0.690. The van der Waals surface area contributed by atoms with Crippen LogP contribution in [-0.2, 0) is 35.2 Å². The van der Waals surface area contributed by atoms with Crippen molar-refractivity contribution in [1.29, 1.82) is 0 Å². The standard InChI is InChI=1S/C29H51N9O6/c1-6-7-8-9-33-20(10-17(2)3)26(41)27(42)21(12-19-14-32-16-34-19)37-29(44)23(13-24(30)39)38-28(43)22(11-18(4)5)36-25(40)15-35-31/h14,16-18,20-23,33,35H,6-13,15,31H2,1-5H3,(H2,30,39)(H,32,34)(H,36,40)(H,37,44)(H,38,43)/t20-,21-,22-,23?/m0/s1. The van der Waals surface area contributed by atoms with E-state index in [9.17, 15) is 28.8 Å². The summed E-state index contributed by atoms with van der Waals surface area (Å²) in [5.41, 5.74) is 8.07. The van der Waals surface area contributed by atoms with Crippen LogP contribution < -0.4 is 38.3 Å². The summed E-state index contributed by atoms with van der Waals surface area (Å²) in [6.45, 7) is 9.96. The van der Waals surface area contributed by atoms with Gasteiger partial charge in [0.25, 0.3) is 0 Å². The minimum absolute atomic E-state index is 0.0166. The summed E-state index contributed by atoms with van der Waals surface area (Å²) in [5.74, 6) is 0.737. The Kier molecular flexibility index (Phi) is 17.7. The minimum Gasteiger partial charge on any atom is -0.370 e. The van der Waals surface area contributed by atoms with E-state index in [-0.39, 0.29) is 31.2 Å². The van der Waals surface area contributed by atoms with Crippen LogP contribution >= 0.6 is 0 Å². The predicted octanol–water partition coefficient (Wildman–Crippen LogP) is -0.876. The molecule has 0 aliphatic heterocycles. The molecule has 15 nitrogen and oxygen atoms in total. The van der Waals surface area contributed by atoms with Crippen molar-refractivity contribution in [3.63, 3.8) is 0 Å². The van der Waals surface area contributed by atoms with Crippen molar-refractivity contribution in [2.75, 3.05) is 13.1 Å². The van der Waals surface area contributed by atoms with Crippen molar-refractivity contribution in [3.8, 4) is 0 Å². The molecule has 1 aromatic rings. The molecule has 0 aromatic carbocycles. The number of nitrogens with one attached hydrogen (secondary N) is 6. The van der Waals surface area contributed by atoms with Crippen molar-refractivity contribution in [3.05, 3.63) is 18.2 Å². The zero-order chi connectivity index (χ0) is 33.2. The van der Waals surface area contributed by atoms with E-state index in [2.05, 4.69) is 43.6 Å². The number of unbranched alkanes of at least 4 members (excludes halogenated alkanes) is 2. The van der Waals surface area contributed by atoms with Gasteiger partial charge in [0.1, 0.15) is 18.1 Å². The van der Waals surface area contributed by atoms with Gasteiger partial charge in [-0.25, -0.2) is 4.98 Å². The third kappa shape index (κ3) is 14.7. The molecular weight excluding hydrogens is 570 g/mol. The van der Waals surface area contributed by atoms with E-state index in [0.717, 1.165) is 19.3 Å². The fourth-order valence-electron chi connectivity index (χ4n) is 4.57. The largest absolute Gasteiger partial charge is 0.370 e. The minimum atomic E-state index is -1.48. The summed E-state index contributed by atoms with van der Waals surface area (Å²) in [6, 6.07) is -4.59. The van der Waals surface area contributed by atoms with E-state index in [4.69, 9.17) is 11.6 Å². The first kappa shape index (κ1) is 38.3. The maximum atomic E-state index is 13.6. The molecule has 1 heterocycles. The number of aromatic amines is 1. The smallest absolute Gasteiger partial charge is 0.243 e. The SMILES string of the molecule is CCCCCN[C@@H](CC(C)C)C(=O)C(=O)[C@H](Cc1cnc[nH]1)NC(=O)C(CC(N)=O)NC(=O)[C@H](CC(C)C)NC(=O)CNN. The van der Waals surface area contributed by atoms with Gasteiger partial charge in [-0.3, -0.25) is 40.0 Å². The molecule has 0 aliphatic rings. The van der Waals surface area contributed by atoms with Gasteiger partial charge in [0.15, 0.2) is 0 Å². The second kappa shape index (κ2) is 20.3. The topological polar surface area (TPSA) is 243 Å². The van der Waals surface area contributed by atoms with Crippen LogP contribution in [0.25, 0.3) is 0 Å². The monoisotopic (exact) mass is 621 g/mol. The number of hydrogen-bond donors (Lipinski definition) is 8. The maximum Gasteiger partial charge on any atom is 0.243 e. The number of rotatable bonds is 23. The maximum absolute atomic E-state index is 13.6. The average Bonchev–Trinajstić information content (AvgIpc) is 3.45. The number of carbonyl (C=O) groups excluding carboxylic acids is 6. The van der Waals surface area contributed by atoms with Gasteiger partial charge in [-0.1, -0.05) is 47.5 Å². The van der Waals surface area contributed by atoms with E-state index < -0.39 is 65.8 Å². The number of Topliss-reactive ketones (excluding diaryl/α,β-unsaturated/α-hetero) is 2. The van der Waals surface area contributed by atoms with Crippen molar-refractivity contribution in [1.82, 2.24) is 36.7 Å². The number of H-pyrrole nitrogens is 1. The van der Waals surface area contributed by atoms with Gasteiger partial charge >= 0.3 is 0 Å². The Morgan fingerprint density at radius 2 is 1.43 bits per heavy atom. The third-order valence-electron chi connectivity index (χ3n) is 6.71. The molecule has 4 amide bonds. The van der Waals surface area contributed by atoms with Gasteiger partial charge in [0, 0.05) is 18.3 Å². The van der Waals surface area contributed by atoms with Crippen LogP contribution in [0.3, 0.4) is 0 Å². The third-order valence-corrected chi connectivity index (χ3v) is 6.71. The molecule has 1 unspecified atom stereocenters. The lowest BCUT2D eigenvalue weighted by Crippen LogP contribution is -2.58. The van der Waals surface area contributed by atoms with Crippen LogP contribution in [0.2, 0.25) is 0 Å². The van der Waals surface area contributed by atoms with E-state index in [1.54, 1.807) is 0 Å². The normalized spacial score (nSPS) is 14.0. The molecule has 1 rings (SSSR count). The fourth-order valence-corrected chi connectivity index (χ4v) is 4.57. The number of ketones is 2. The zero-order valence-electron chi connectivity index (χ0n) is 26.5. The van der Waals surface area contributed by atoms with Crippen LogP contribution in [0.4, 0.5) is 0 Å². The summed E-state index contributed by atoms with van der Waals surface area (Å²) in [5, 5.41) is 10.8. The molecular formula is C29H51N9O6. The number of hydrogen-bond acceptors (Lipinski definition) is 10. The van der Waals surface area contributed by atoms with Crippen molar-refractivity contribution >= 4 is 35.2 Å². The highest BCUT2D eigenvalue weighted by Gasteiger charge is 2.35. The molecule has 0 radical (unpaired) electrons. The van der Waals surface area contributed by atoms with Gasteiger partial charge in [-0.15, -0.1) is 0 Å². The number of amides is 4. The number of primary amides is 1. The Morgan fingerprint density at radius 3 is 1.98 bits per heavy atom. The molecule has 0 bridgehead atoms. The lowest BCUT2D eigenvalue weighted by atomic mass is 9.93. The van der Waals surface area contributed by atoms with Crippen molar-refractivity contribution in [2.45, 2.75) is 104 Å². The molecule has 1 aromatic heterocycles. The van der Waals surface area contributed by atoms with E-state index in [1.807, 2.05) is 27.7 Å². The quantitative estimate of drug-likeness (QED) is 0.0325. The molecule has 10 N–H and O–H groups in total. The lowest BCUT2D eigenvalue weighted by molar-refractivity contribution is -0.141. The summed E-state index contributed by atoms with van der Waals surface area (Å²) < 4.78 is 0. The van der Waals surface area contributed by atoms with Crippen molar-refractivity contribution in [2.24, 2.45) is 23.4 Å². The van der Waals surface area contributed by atoms with Crippen LogP contribution in [-0.4, -0.2) is 82.4 Å². The summed E-state index contributed by atoms with van der Waals surface area (Å²) in [7, 11) is 0. The summed E-state index contributed by atoms with van der Waals surface area (Å²) in [4.78, 5) is 84.6. The van der Waals surface area contributed by atoms with Crippen LogP contribution in [0.1, 0.15) is 78.8 Å². The highest BCUT2D eigenvalue weighted by molar-refractivity contribution is 6.41. The van der Waals surface area contributed by atoms with Gasteiger partial charge in [-0.05, 0) is 37.6 Å². The number of carbonyl (C=O) groups is 6. The highest BCUT2D eigenvalue weighted by atomic mass is 16.2. The summed E-state index contributed by atoms with van der Waals surface area (Å²) in [6.07, 6.45) is 5.65. The molecule has 0 aliphatic carbocycles. The molecule has 0 saturated heterocycles. The highest BCUT2D eigenvalue weighted by Crippen LogP contribution is 2.11. The first-order valence-corrected chi connectivity index (χ1v) is 15.2.